The Bertz CT molecular complexity index is 1070. The highest BCUT2D eigenvalue weighted by molar-refractivity contribution is 5.95. The molecule has 7 heteroatoms. The van der Waals surface area contributed by atoms with Crippen LogP contribution in [0, 0.1) is 11.6 Å². The number of carbonyl (C=O) groups excluding carboxylic acids is 1. The van der Waals surface area contributed by atoms with Gasteiger partial charge in [0.1, 0.15) is 22.7 Å². The van der Waals surface area contributed by atoms with E-state index >= 15 is 0 Å². The van der Waals surface area contributed by atoms with E-state index in [4.69, 9.17) is 10.2 Å². The molecule has 0 aliphatic carbocycles. The lowest BCUT2D eigenvalue weighted by atomic mass is 10.1. The molecule has 0 spiro atoms. The largest absolute Gasteiger partial charge is 0.437 e. The van der Waals surface area contributed by atoms with Crippen molar-refractivity contribution in [1.29, 1.82) is 0 Å². The van der Waals surface area contributed by atoms with Gasteiger partial charge in [0.05, 0.1) is 0 Å². The van der Waals surface area contributed by atoms with Gasteiger partial charge in [0.25, 0.3) is 5.91 Å². The van der Waals surface area contributed by atoms with E-state index in [1.165, 1.54) is 6.07 Å². The van der Waals surface area contributed by atoms with E-state index in [1.807, 2.05) is 32.0 Å². The molecule has 1 aromatic heterocycles. The van der Waals surface area contributed by atoms with E-state index in [-0.39, 0.29) is 16.8 Å². The third-order valence-electron chi connectivity index (χ3n) is 4.26. The van der Waals surface area contributed by atoms with Gasteiger partial charge in [0.2, 0.25) is 5.55 Å². The van der Waals surface area contributed by atoms with Crippen LogP contribution in [0.25, 0.3) is 11.0 Å². The van der Waals surface area contributed by atoms with Gasteiger partial charge >= 0.3 is 0 Å². The van der Waals surface area contributed by atoms with E-state index in [0.29, 0.717) is 17.0 Å². The predicted octanol–water partition coefficient (Wildman–Crippen LogP) is 3.89. The molecule has 3 aromatic rings. The first-order chi connectivity index (χ1) is 12.9. The summed E-state index contributed by atoms with van der Waals surface area (Å²) in [4.78, 5) is 18.0. The summed E-state index contributed by atoms with van der Waals surface area (Å²) in [7, 11) is 0. The van der Waals surface area contributed by atoms with Gasteiger partial charge in [-0.05, 0) is 44.2 Å². The number of benzene rings is 2. The molecule has 0 aliphatic rings. The first kappa shape index (κ1) is 18.6. The highest BCUT2D eigenvalue weighted by atomic mass is 19.1. The van der Waals surface area contributed by atoms with Gasteiger partial charge in [0, 0.05) is 36.3 Å². The summed E-state index contributed by atoms with van der Waals surface area (Å²) in [6, 6.07) is 10.1. The third-order valence-corrected chi connectivity index (χ3v) is 4.26. The number of carbonyl (C=O) groups is 1. The fraction of sp³-hybridized carbons (Fsp3) is 0.200. The Hall–Kier alpha value is -3.22. The molecule has 2 aromatic carbocycles. The van der Waals surface area contributed by atoms with Gasteiger partial charge in [-0.3, -0.25) is 4.79 Å². The average molecular weight is 371 g/mol. The summed E-state index contributed by atoms with van der Waals surface area (Å²) in [5, 5.41) is 0.665. The topological polar surface area (TPSA) is 71.8 Å². The fourth-order valence-corrected chi connectivity index (χ4v) is 2.83. The van der Waals surface area contributed by atoms with Crippen molar-refractivity contribution in [3.63, 3.8) is 0 Å². The van der Waals surface area contributed by atoms with E-state index in [2.05, 4.69) is 9.89 Å². The first-order valence-corrected chi connectivity index (χ1v) is 8.55. The van der Waals surface area contributed by atoms with Crippen molar-refractivity contribution >= 4 is 28.3 Å². The zero-order chi connectivity index (χ0) is 19.6. The Balaban J connectivity index is 2.24. The monoisotopic (exact) mass is 371 g/mol. The van der Waals surface area contributed by atoms with E-state index < -0.39 is 17.5 Å². The van der Waals surface area contributed by atoms with Crippen LogP contribution in [-0.4, -0.2) is 19.0 Å². The Morgan fingerprint density at radius 2 is 1.85 bits per heavy atom. The Kier molecular flexibility index (Phi) is 5.21. The molecule has 0 aliphatic heterocycles. The number of fused-ring (bicyclic) bond motifs is 1. The minimum absolute atomic E-state index is 0.0156. The molecule has 0 saturated carbocycles. The summed E-state index contributed by atoms with van der Waals surface area (Å²) in [6.45, 7) is 5.72. The number of halogens is 2. The summed E-state index contributed by atoms with van der Waals surface area (Å²) < 4.78 is 32.8. The second-order valence-corrected chi connectivity index (χ2v) is 5.93. The molecule has 0 atom stereocenters. The second kappa shape index (κ2) is 7.57. The van der Waals surface area contributed by atoms with Crippen LogP contribution in [0.4, 0.5) is 20.2 Å². The van der Waals surface area contributed by atoms with Gasteiger partial charge in [-0.15, -0.1) is 0 Å². The lowest BCUT2D eigenvalue weighted by Gasteiger charge is -2.21. The molecule has 1 heterocycles. The second-order valence-electron chi connectivity index (χ2n) is 5.93. The number of hydrogen-bond donors (Lipinski definition) is 1. The minimum Gasteiger partial charge on any atom is -0.437 e. The Labute approximate surface area is 154 Å². The van der Waals surface area contributed by atoms with Crippen LogP contribution in [0.15, 0.2) is 51.9 Å². The quantitative estimate of drug-likeness (QED) is 0.740. The van der Waals surface area contributed by atoms with Crippen molar-refractivity contribution in [3.8, 4) is 0 Å². The van der Waals surface area contributed by atoms with Crippen LogP contribution in [0.5, 0.6) is 0 Å². The van der Waals surface area contributed by atoms with E-state index in [1.54, 1.807) is 6.07 Å². The minimum atomic E-state index is -0.863. The maximum atomic E-state index is 13.9. The number of anilines is 1. The summed E-state index contributed by atoms with van der Waals surface area (Å²) in [5.41, 5.74) is 6.58. The molecule has 0 unspecified atom stereocenters. The molecular formula is C20H19F2N3O2. The van der Waals surface area contributed by atoms with Crippen LogP contribution in [-0.2, 0) is 0 Å². The zero-order valence-corrected chi connectivity index (χ0v) is 15.0. The van der Waals surface area contributed by atoms with Crippen LogP contribution < -0.4 is 16.2 Å². The van der Waals surface area contributed by atoms with E-state index in [0.717, 1.165) is 24.8 Å². The smallest absolute Gasteiger partial charge is 0.254 e. The van der Waals surface area contributed by atoms with Gasteiger partial charge in [-0.25, -0.2) is 13.8 Å². The summed E-state index contributed by atoms with van der Waals surface area (Å²) >= 11 is 0. The van der Waals surface area contributed by atoms with Crippen molar-refractivity contribution in [2.75, 3.05) is 18.0 Å². The van der Waals surface area contributed by atoms with Gasteiger partial charge < -0.3 is 15.1 Å². The van der Waals surface area contributed by atoms with Crippen molar-refractivity contribution in [1.82, 2.24) is 0 Å². The number of nitrogens with two attached hydrogens (primary N) is 1. The fourth-order valence-electron chi connectivity index (χ4n) is 2.83. The maximum Gasteiger partial charge on any atom is 0.254 e. The zero-order valence-electron chi connectivity index (χ0n) is 15.0. The molecular weight excluding hydrogens is 352 g/mol. The van der Waals surface area contributed by atoms with Crippen LogP contribution >= 0.6 is 0 Å². The number of rotatable bonds is 5. The molecule has 0 bridgehead atoms. The SMILES string of the molecule is CCN(CC)c1ccc2cc(C(N)=O)c(=Nc3ccc(F)cc3F)oc2c1. The highest BCUT2D eigenvalue weighted by Crippen LogP contribution is 2.23. The molecule has 0 saturated heterocycles. The molecule has 3 rings (SSSR count). The Morgan fingerprint density at radius 3 is 2.48 bits per heavy atom. The molecule has 0 radical (unpaired) electrons. The summed E-state index contributed by atoms with van der Waals surface area (Å²) in [6.07, 6.45) is 0. The van der Waals surface area contributed by atoms with Crippen molar-refractivity contribution in [2.45, 2.75) is 13.8 Å². The maximum absolute atomic E-state index is 13.9. The standard InChI is InChI=1S/C20H19F2N3O2/c1-3-25(4-2)14-7-5-12-9-15(19(23)26)20(27-18(12)11-14)24-17-8-6-13(21)10-16(17)22/h5-11H,3-4H2,1-2H3,(H2,23,26). The van der Waals surface area contributed by atoms with E-state index in [9.17, 15) is 13.6 Å². The first-order valence-electron chi connectivity index (χ1n) is 8.55. The van der Waals surface area contributed by atoms with Gasteiger partial charge in [-0.1, -0.05) is 0 Å². The number of hydrogen-bond acceptors (Lipinski definition) is 4. The normalized spacial score (nSPS) is 11.8. The van der Waals surface area contributed by atoms with Gasteiger partial charge in [-0.2, -0.15) is 0 Å². The Morgan fingerprint density at radius 1 is 1.11 bits per heavy atom. The van der Waals surface area contributed by atoms with Crippen LogP contribution in [0.3, 0.4) is 0 Å². The van der Waals surface area contributed by atoms with Crippen molar-refractivity contribution in [2.24, 2.45) is 10.7 Å². The lowest BCUT2D eigenvalue weighted by Crippen LogP contribution is -2.23. The molecule has 2 N–H and O–H groups in total. The van der Waals surface area contributed by atoms with Gasteiger partial charge in [0.15, 0.2) is 5.82 Å². The third kappa shape index (κ3) is 3.81. The molecule has 27 heavy (non-hydrogen) atoms. The average Bonchev–Trinajstić information content (AvgIpc) is 2.64. The summed E-state index contributed by atoms with van der Waals surface area (Å²) in [5.74, 6) is -2.34. The highest BCUT2D eigenvalue weighted by Gasteiger charge is 2.12. The molecule has 0 fully saturated rings. The van der Waals surface area contributed by atoms with Crippen molar-refractivity contribution in [3.05, 3.63) is 65.2 Å². The predicted molar refractivity (Wildman–Crippen MR) is 99.9 cm³/mol. The lowest BCUT2D eigenvalue weighted by molar-refractivity contribution is 0.0996. The van der Waals surface area contributed by atoms with Crippen molar-refractivity contribution < 1.29 is 18.0 Å². The molecule has 1 amide bonds. The number of amides is 1. The molecule has 5 nitrogen and oxygen atoms in total. The molecule has 140 valence electrons. The number of nitrogens with zero attached hydrogens (tertiary/aromatic N) is 2. The number of primary amides is 1. The van der Waals surface area contributed by atoms with Crippen LogP contribution in [0.2, 0.25) is 0 Å². The van der Waals surface area contributed by atoms with Crippen LogP contribution in [0.1, 0.15) is 24.2 Å².